The number of carbonyl (C=O) groups is 1. The average molecular weight is 366 g/mol. The van der Waals surface area contributed by atoms with E-state index in [9.17, 15) is 4.79 Å². The van der Waals surface area contributed by atoms with Gasteiger partial charge in [-0.05, 0) is 50.0 Å². The van der Waals surface area contributed by atoms with Crippen LogP contribution in [0.3, 0.4) is 0 Å². The summed E-state index contributed by atoms with van der Waals surface area (Å²) in [6.45, 7) is 5.96. The highest BCUT2D eigenvalue weighted by Gasteiger charge is 2.22. The van der Waals surface area contributed by atoms with Gasteiger partial charge in [-0.2, -0.15) is 0 Å². The van der Waals surface area contributed by atoms with Crippen molar-refractivity contribution in [3.63, 3.8) is 0 Å². The Morgan fingerprint density at radius 1 is 1.20 bits per heavy atom. The molecule has 1 amide bonds. The van der Waals surface area contributed by atoms with Crippen LogP contribution in [0.4, 0.5) is 0 Å². The number of carbonyl (C=O) groups excluding carboxylic acids is 1. The Balaban J connectivity index is 1.55. The van der Waals surface area contributed by atoms with Gasteiger partial charge in [-0.15, -0.1) is 11.8 Å². The van der Waals surface area contributed by atoms with Gasteiger partial charge in [0.2, 0.25) is 5.91 Å². The number of hydrogen-bond acceptors (Lipinski definition) is 4. The van der Waals surface area contributed by atoms with Crippen molar-refractivity contribution in [2.45, 2.75) is 37.5 Å². The zero-order chi connectivity index (χ0) is 17.9. The summed E-state index contributed by atoms with van der Waals surface area (Å²) in [5.74, 6) is 1.89. The van der Waals surface area contributed by atoms with Crippen LogP contribution < -0.4 is 0 Å². The second-order valence-electron chi connectivity index (χ2n) is 6.66. The second kappa shape index (κ2) is 11.6. The zero-order valence-electron chi connectivity index (χ0n) is 15.5. The minimum Gasteiger partial charge on any atom is -0.382 e. The van der Waals surface area contributed by atoms with Gasteiger partial charge in [0.05, 0.1) is 13.2 Å². The number of nitrogens with zero attached hydrogens (tertiary/aromatic N) is 1. The Kier molecular flexibility index (Phi) is 9.37. The molecule has 0 atom stereocenters. The maximum atomic E-state index is 12.3. The molecule has 0 radical (unpaired) electrons. The number of ether oxygens (including phenoxy) is 2. The molecular weight excluding hydrogens is 334 g/mol. The van der Waals surface area contributed by atoms with Crippen molar-refractivity contribution < 1.29 is 14.3 Å². The molecule has 4 nitrogen and oxygen atoms in total. The quantitative estimate of drug-likeness (QED) is 0.467. The summed E-state index contributed by atoms with van der Waals surface area (Å²) in [5.41, 5.74) is 1.28. The Bertz CT molecular complexity index is 498. The summed E-state index contributed by atoms with van der Waals surface area (Å²) in [5, 5.41) is 0. The number of likely N-dealkylation sites (tertiary alicyclic amines) is 1. The monoisotopic (exact) mass is 365 g/mol. The van der Waals surface area contributed by atoms with Crippen LogP contribution in [0.5, 0.6) is 0 Å². The van der Waals surface area contributed by atoms with Crippen LogP contribution in [0, 0.1) is 12.8 Å². The molecule has 1 heterocycles. The van der Waals surface area contributed by atoms with Crippen LogP contribution in [0.1, 0.15) is 31.2 Å². The summed E-state index contributed by atoms with van der Waals surface area (Å²) in [6.07, 6.45) is 3.71. The first-order valence-corrected chi connectivity index (χ1v) is 10.2. The Morgan fingerprint density at radius 2 is 1.92 bits per heavy atom. The van der Waals surface area contributed by atoms with E-state index in [4.69, 9.17) is 9.47 Å². The number of methoxy groups -OCH3 is 1. The lowest BCUT2D eigenvalue weighted by Crippen LogP contribution is -2.39. The molecule has 0 saturated carbocycles. The average Bonchev–Trinajstić information content (AvgIpc) is 2.64. The van der Waals surface area contributed by atoms with Crippen LogP contribution in [-0.2, 0) is 14.3 Å². The molecule has 1 saturated heterocycles. The first-order chi connectivity index (χ1) is 12.2. The molecule has 0 N–H and O–H groups in total. The molecule has 0 aliphatic carbocycles. The van der Waals surface area contributed by atoms with Gasteiger partial charge in [0.25, 0.3) is 0 Å². The van der Waals surface area contributed by atoms with E-state index in [1.165, 1.54) is 10.5 Å². The molecule has 0 unspecified atom stereocenters. The van der Waals surface area contributed by atoms with Gasteiger partial charge in [-0.1, -0.05) is 17.7 Å². The molecular formula is C20H31NO3S. The maximum Gasteiger partial charge on any atom is 0.222 e. The van der Waals surface area contributed by atoms with Crippen LogP contribution in [0.2, 0.25) is 0 Å². The zero-order valence-corrected chi connectivity index (χ0v) is 16.4. The molecule has 1 aliphatic heterocycles. The molecule has 0 bridgehead atoms. The first-order valence-electron chi connectivity index (χ1n) is 9.23. The predicted octanol–water partition coefficient (Wildman–Crippen LogP) is 3.77. The predicted molar refractivity (Wildman–Crippen MR) is 103 cm³/mol. The van der Waals surface area contributed by atoms with Gasteiger partial charge >= 0.3 is 0 Å². The smallest absolute Gasteiger partial charge is 0.222 e. The van der Waals surface area contributed by atoms with E-state index in [0.717, 1.165) is 44.7 Å². The molecule has 5 heteroatoms. The summed E-state index contributed by atoms with van der Waals surface area (Å²) in [4.78, 5) is 15.6. The summed E-state index contributed by atoms with van der Waals surface area (Å²) in [6, 6.07) is 8.58. The summed E-state index contributed by atoms with van der Waals surface area (Å²) >= 11 is 1.83. The fourth-order valence-electron chi connectivity index (χ4n) is 2.95. The third-order valence-electron chi connectivity index (χ3n) is 4.58. The van der Waals surface area contributed by atoms with Gasteiger partial charge in [0.1, 0.15) is 0 Å². The number of hydrogen-bond donors (Lipinski definition) is 0. The van der Waals surface area contributed by atoms with E-state index in [1.54, 1.807) is 7.11 Å². The summed E-state index contributed by atoms with van der Waals surface area (Å²) < 4.78 is 10.6. The third-order valence-corrected chi connectivity index (χ3v) is 5.68. The molecule has 1 aromatic carbocycles. The Morgan fingerprint density at radius 3 is 2.60 bits per heavy atom. The highest BCUT2D eigenvalue weighted by Crippen LogP contribution is 2.21. The number of benzene rings is 1. The lowest BCUT2D eigenvalue weighted by Gasteiger charge is -2.32. The lowest BCUT2D eigenvalue weighted by molar-refractivity contribution is -0.132. The third kappa shape index (κ3) is 7.80. The molecule has 2 rings (SSSR count). The van der Waals surface area contributed by atoms with E-state index in [2.05, 4.69) is 31.2 Å². The largest absolute Gasteiger partial charge is 0.382 e. The van der Waals surface area contributed by atoms with Crippen molar-refractivity contribution in [2.75, 3.05) is 45.8 Å². The van der Waals surface area contributed by atoms with Crippen LogP contribution in [0.15, 0.2) is 29.2 Å². The van der Waals surface area contributed by atoms with Gasteiger partial charge in [0, 0.05) is 38.1 Å². The summed E-state index contributed by atoms with van der Waals surface area (Å²) in [7, 11) is 1.69. The molecule has 1 fully saturated rings. The van der Waals surface area contributed by atoms with E-state index in [-0.39, 0.29) is 0 Å². The second-order valence-corrected chi connectivity index (χ2v) is 7.83. The number of piperidine rings is 1. The normalized spacial score (nSPS) is 15.5. The molecule has 1 aromatic rings. The van der Waals surface area contributed by atoms with E-state index >= 15 is 0 Å². The van der Waals surface area contributed by atoms with Crippen LogP contribution >= 0.6 is 11.8 Å². The van der Waals surface area contributed by atoms with Crippen LogP contribution in [0.25, 0.3) is 0 Å². The highest BCUT2D eigenvalue weighted by molar-refractivity contribution is 7.99. The van der Waals surface area contributed by atoms with Gasteiger partial charge in [-0.25, -0.2) is 0 Å². The van der Waals surface area contributed by atoms with Crippen LogP contribution in [-0.4, -0.2) is 56.6 Å². The van der Waals surface area contributed by atoms with E-state index < -0.39 is 0 Å². The highest BCUT2D eigenvalue weighted by atomic mass is 32.2. The number of aryl methyl sites for hydroxylation is 1. The fourth-order valence-corrected chi connectivity index (χ4v) is 3.80. The van der Waals surface area contributed by atoms with E-state index in [1.807, 2.05) is 16.7 Å². The molecule has 0 spiro atoms. The number of amides is 1. The number of rotatable bonds is 10. The van der Waals surface area contributed by atoms with Gasteiger partial charge in [-0.3, -0.25) is 4.79 Å². The van der Waals surface area contributed by atoms with E-state index in [0.29, 0.717) is 31.5 Å². The molecule has 140 valence electrons. The fraction of sp³-hybridized carbons (Fsp3) is 0.650. The minimum atomic E-state index is 0.309. The van der Waals surface area contributed by atoms with Crippen molar-refractivity contribution in [1.82, 2.24) is 4.90 Å². The maximum absolute atomic E-state index is 12.3. The molecule has 0 aromatic heterocycles. The van der Waals surface area contributed by atoms with Gasteiger partial charge in [0.15, 0.2) is 0 Å². The minimum absolute atomic E-state index is 0.309. The van der Waals surface area contributed by atoms with Crippen molar-refractivity contribution in [3.05, 3.63) is 29.8 Å². The standard InChI is InChI=1S/C20H31NO3S/c1-17-5-7-19(8-6-17)25-15-3-4-20(22)21-11-9-18(10-12-21)16-24-14-13-23-2/h5-8,18H,3-4,9-16H2,1-2H3. The van der Waals surface area contributed by atoms with Gasteiger partial charge < -0.3 is 14.4 Å². The number of thioether (sulfide) groups is 1. The molecule has 25 heavy (non-hydrogen) atoms. The Labute approximate surface area is 156 Å². The Hall–Kier alpha value is -1.04. The topological polar surface area (TPSA) is 38.8 Å². The first kappa shape index (κ1) is 20.3. The van der Waals surface area contributed by atoms with Crippen molar-refractivity contribution in [1.29, 1.82) is 0 Å². The molecule has 1 aliphatic rings. The van der Waals surface area contributed by atoms with Crippen molar-refractivity contribution >= 4 is 17.7 Å². The lowest BCUT2D eigenvalue weighted by atomic mass is 9.97. The van der Waals surface area contributed by atoms with Crippen molar-refractivity contribution in [3.8, 4) is 0 Å². The SMILES string of the molecule is COCCOCC1CCN(C(=O)CCCSc2ccc(C)cc2)CC1. The van der Waals surface area contributed by atoms with Crippen molar-refractivity contribution in [2.24, 2.45) is 5.92 Å².